The van der Waals surface area contributed by atoms with E-state index in [0.717, 1.165) is 5.56 Å². The summed E-state index contributed by atoms with van der Waals surface area (Å²) >= 11 is 0. The number of aromatic nitrogens is 3. The van der Waals surface area contributed by atoms with Crippen LogP contribution >= 0.6 is 0 Å². The average molecular weight is 253 g/mol. The highest BCUT2D eigenvalue weighted by Crippen LogP contribution is 2.27. The largest absolute Gasteiger partial charge is 0.507 e. The van der Waals surface area contributed by atoms with E-state index in [9.17, 15) is 5.11 Å². The second-order valence-electron chi connectivity index (χ2n) is 4.07. The molecule has 0 aliphatic rings. The first-order chi connectivity index (χ1) is 9.33. The van der Waals surface area contributed by atoms with Crippen molar-refractivity contribution in [1.29, 1.82) is 0 Å². The second kappa shape index (κ2) is 4.89. The molecule has 0 saturated carbocycles. The Morgan fingerprint density at radius 2 is 1.84 bits per heavy atom. The number of para-hydroxylation sites is 1. The molecule has 0 aliphatic carbocycles. The Bertz CT molecular complexity index is 680. The van der Waals surface area contributed by atoms with Crippen molar-refractivity contribution in [3.8, 4) is 17.2 Å². The Morgan fingerprint density at radius 3 is 2.63 bits per heavy atom. The van der Waals surface area contributed by atoms with Crippen molar-refractivity contribution in [3.05, 3.63) is 60.2 Å². The van der Waals surface area contributed by atoms with Crippen LogP contribution in [0.5, 0.6) is 5.75 Å². The first-order valence-corrected chi connectivity index (χ1v) is 5.83. The first kappa shape index (κ1) is 11.4. The van der Waals surface area contributed by atoms with Gasteiger partial charge in [-0.2, -0.15) is 4.98 Å². The maximum Gasteiger partial charge on any atom is 0.261 e. The van der Waals surface area contributed by atoms with E-state index in [2.05, 4.69) is 15.1 Å². The molecule has 5 nitrogen and oxygen atoms in total. The number of phenols is 1. The highest BCUT2D eigenvalue weighted by Gasteiger charge is 2.12. The van der Waals surface area contributed by atoms with Crippen LogP contribution in [0.25, 0.3) is 11.5 Å². The molecule has 2 aromatic heterocycles. The number of hydrogen-bond donors (Lipinski definition) is 1. The monoisotopic (exact) mass is 253 g/mol. The van der Waals surface area contributed by atoms with Gasteiger partial charge in [0.15, 0.2) is 5.82 Å². The Kier molecular flexibility index (Phi) is 2.94. The number of pyridine rings is 1. The number of nitrogens with zero attached hydrogens (tertiary/aromatic N) is 3. The fourth-order valence-corrected chi connectivity index (χ4v) is 1.77. The molecule has 0 unspecified atom stereocenters. The van der Waals surface area contributed by atoms with Gasteiger partial charge in [0.2, 0.25) is 0 Å². The van der Waals surface area contributed by atoms with Crippen LogP contribution in [-0.4, -0.2) is 20.2 Å². The smallest absolute Gasteiger partial charge is 0.261 e. The molecule has 1 N–H and O–H groups in total. The van der Waals surface area contributed by atoms with Gasteiger partial charge in [-0.3, -0.25) is 4.98 Å². The standard InChI is InChI=1S/C14H11N3O2/c18-12-4-2-1-3-11(12)14-16-13(17-19-14)9-10-5-7-15-8-6-10/h1-8,18H,9H2. The second-order valence-corrected chi connectivity index (χ2v) is 4.07. The zero-order valence-corrected chi connectivity index (χ0v) is 10.0. The molecular formula is C14H11N3O2. The zero-order valence-electron chi connectivity index (χ0n) is 10.0. The van der Waals surface area contributed by atoms with Gasteiger partial charge in [0.05, 0.1) is 5.56 Å². The van der Waals surface area contributed by atoms with Crippen LogP contribution in [0.2, 0.25) is 0 Å². The maximum absolute atomic E-state index is 9.73. The molecule has 0 amide bonds. The van der Waals surface area contributed by atoms with Gasteiger partial charge in [-0.1, -0.05) is 17.3 Å². The van der Waals surface area contributed by atoms with E-state index >= 15 is 0 Å². The fraction of sp³-hybridized carbons (Fsp3) is 0.0714. The van der Waals surface area contributed by atoms with E-state index in [1.54, 1.807) is 30.6 Å². The zero-order chi connectivity index (χ0) is 13.1. The van der Waals surface area contributed by atoms with E-state index in [4.69, 9.17) is 4.52 Å². The van der Waals surface area contributed by atoms with Crippen LogP contribution in [0.4, 0.5) is 0 Å². The summed E-state index contributed by atoms with van der Waals surface area (Å²) in [5, 5.41) is 13.6. The summed E-state index contributed by atoms with van der Waals surface area (Å²) in [6, 6.07) is 10.7. The van der Waals surface area contributed by atoms with Gasteiger partial charge in [-0.05, 0) is 29.8 Å². The van der Waals surface area contributed by atoms with Gasteiger partial charge < -0.3 is 9.63 Å². The van der Waals surface area contributed by atoms with E-state index in [1.807, 2.05) is 18.2 Å². The van der Waals surface area contributed by atoms with Crippen LogP contribution in [0, 0.1) is 0 Å². The molecule has 0 spiro atoms. The summed E-state index contributed by atoms with van der Waals surface area (Å²) in [6.07, 6.45) is 4.01. The summed E-state index contributed by atoms with van der Waals surface area (Å²) < 4.78 is 5.17. The van der Waals surface area contributed by atoms with Crippen molar-refractivity contribution >= 4 is 0 Å². The van der Waals surface area contributed by atoms with E-state index < -0.39 is 0 Å². The number of aromatic hydroxyl groups is 1. The highest BCUT2D eigenvalue weighted by molar-refractivity contribution is 5.61. The Balaban J connectivity index is 1.86. The predicted molar refractivity (Wildman–Crippen MR) is 68.4 cm³/mol. The first-order valence-electron chi connectivity index (χ1n) is 5.83. The predicted octanol–water partition coefficient (Wildman–Crippen LogP) is 2.43. The molecule has 0 aliphatic heterocycles. The lowest BCUT2D eigenvalue weighted by molar-refractivity contribution is 0.418. The van der Waals surface area contributed by atoms with Crippen molar-refractivity contribution in [2.75, 3.05) is 0 Å². The summed E-state index contributed by atoms with van der Waals surface area (Å²) in [7, 11) is 0. The van der Waals surface area contributed by atoms with Crippen LogP contribution in [0.15, 0.2) is 53.3 Å². The lowest BCUT2D eigenvalue weighted by Crippen LogP contribution is -1.90. The van der Waals surface area contributed by atoms with Crippen LogP contribution in [0.1, 0.15) is 11.4 Å². The van der Waals surface area contributed by atoms with E-state index in [1.165, 1.54) is 0 Å². The molecule has 3 rings (SSSR count). The van der Waals surface area contributed by atoms with Crippen LogP contribution < -0.4 is 0 Å². The SMILES string of the molecule is Oc1ccccc1-c1nc(Cc2ccncc2)no1. The molecule has 0 saturated heterocycles. The molecule has 94 valence electrons. The molecule has 0 fully saturated rings. The van der Waals surface area contributed by atoms with Crippen molar-refractivity contribution < 1.29 is 9.63 Å². The third-order valence-corrected chi connectivity index (χ3v) is 2.71. The third kappa shape index (κ3) is 2.44. The van der Waals surface area contributed by atoms with Gasteiger partial charge in [0, 0.05) is 18.8 Å². The maximum atomic E-state index is 9.73. The van der Waals surface area contributed by atoms with Crippen LogP contribution in [-0.2, 0) is 6.42 Å². The molecular weight excluding hydrogens is 242 g/mol. The van der Waals surface area contributed by atoms with Crippen molar-refractivity contribution in [2.24, 2.45) is 0 Å². The van der Waals surface area contributed by atoms with Crippen LogP contribution in [0.3, 0.4) is 0 Å². The normalized spacial score (nSPS) is 10.5. The minimum absolute atomic E-state index is 0.126. The Hall–Kier alpha value is -2.69. The van der Waals surface area contributed by atoms with E-state index in [-0.39, 0.29) is 5.75 Å². The molecule has 0 atom stereocenters. The molecule has 5 heteroatoms. The van der Waals surface area contributed by atoms with Crippen molar-refractivity contribution in [1.82, 2.24) is 15.1 Å². The molecule has 0 radical (unpaired) electrons. The fourth-order valence-electron chi connectivity index (χ4n) is 1.77. The lowest BCUT2D eigenvalue weighted by Gasteiger charge is -1.96. The minimum Gasteiger partial charge on any atom is -0.507 e. The third-order valence-electron chi connectivity index (χ3n) is 2.71. The van der Waals surface area contributed by atoms with E-state index in [0.29, 0.717) is 23.7 Å². The number of benzene rings is 1. The number of phenolic OH excluding ortho intramolecular Hbond substituents is 1. The topological polar surface area (TPSA) is 72.0 Å². The van der Waals surface area contributed by atoms with Crippen molar-refractivity contribution in [2.45, 2.75) is 6.42 Å². The molecule has 3 aromatic rings. The average Bonchev–Trinajstić information content (AvgIpc) is 2.89. The molecule has 19 heavy (non-hydrogen) atoms. The summed E-state index contributed by atoms with van der Waals surface area (Å²) in [4.78, 5) is 8.23. The summed E-state index contributed by atoms with van der Waals surface area (Å²) in [6.45, 7) is 0. The van der Waals surface area contributed by atoms with Gasteiger partial charge in [-0.15, -0.1) is 0 Å². The quantitative estimate of drug-likeness (QED) is 0.776. The van der Waals surface area contributed by atoms with Gasteiger partial charge >= 0.3 is 0 Å². The van der Waals surface area contributed by atoms with Gasteiger partial charge in [0.25, 0.3) is 5.89 Å². The lowest BCUT2D eigenvalue weighted by atomic mass is 10.2. The Morgan fingerprint density at radius 1 is 1.05 bits per heavy atom. The molecule has 0 bridgehead atoms. The summed E-state index contributed by atoms with van der Waals surface area (Å²) in [5.41, 5.74) is 1.59. The molecule has 1 aromatic carbocycles. The highest BCUT2D eigenvalue weighted by atomic mass is 16.5. The summed E-state index contributed by atoms with van der Waals surface area (Å²) in [5.74, 6) is 1.02. The Labute approximate surface area is 109 Å². The molecule has 2 heterocycles. The number of rotatable bonds is 3. The minimum atomic E-state index is 0.126. The van der Waals surface area contributed by atoms with Gasteiger partial charge in [0.1, 0.15) is 5.75 Å². The van der Waals surface area contributed by atoms with Crippen molar-refractivity contribution in [3.63, 3.8) is 0 Å². The number of hydrogen-bond acceptors (Lipinski definition) is 5. The van der Waals surface area contributed by atoms with Gasteiger partial charge in [-0.25, -0.2) is 0 Å².